The first-order valence-electron chi connectivity index (χ1n) is 16.3. The highest BCUT2D eigenvalue weighted by molar-refractivity contribution is 7.90. The summed E-state index contributed by atoms with van der Waals surface area (Å²) in [6.45, 7) is 3.92. The molecule has 2 saturated carbocycles. The van der Waals surface area contributed by atoms with Crippen LogP contribution in [-0.4, -0.2) is 51.0 Å². The van der Waals surface area contributed by atoms with Crippen LogP contribution in [0, 0.1) is 23.2 Å². The number of carbonyl (C=O) groups is 1. The monoisotopic (exact) mass is 638 g/mol. The van der Waals surface area contributed by atoms with Crippen molar-refractivity contribution in [2.24, 2.45) is 23.2 Å². The molecule has 7 nitrogen and oxygen atoms in total. The van der Waals surface area contributed by atoms with Crippen LogP contribution in [-0.2, 0) is 21.9 Å². The summed E-state index contributed by atoms with van der Waals surface area (Å²) < 4.78 is 36.5. The second kappa shape index (κ2) is 11.4. The van der Waals surface area contributed by atoms with Crippen LogP contribution in [0.15, 0.2) is 48.6 Å². The maximum Gasteiger partial charge on any atom is 0.264 e. The summed E-state index contributed by atoms with van der Waals surface area (Å²) in [6.07, 6.45) is 12.3. The summed E-state index contributed by atoms with van der Waals surface area (Å²) in [5, 5.41) is 10.8. The predicted octanol–water partition coefficient (Wildman–Crippen LogP) is 6.03. The number of allylic oxidation sites excluding steroid dienone is 1. The van der Waals surface area contributed by atoms with Gasteiger partial charge in [-0.05, 0) is 104 Å². The van der Waals surface area contributed by atoms with Crippen molar-refractivity contribution < 1.29 is 23.1 Å². The first-order valence-corrected chi connectivity index (χ1v) is 18.2. The van der Waals surface area contributed by atoms with Crippen molar-refractivity contribution in [2.75, 3.05) is 31.2 Å². The molecule has 2 bridgehead atoms. The summed E-state index contributed by atoms with van der Waals surface area (Å²) in [6, 6.07) is 11.5. The second-order valence-electron chi connectivity index (χ2n) is 14.2. The van der Waals surface area contributed by atoms with Gasteiger partial charge in [-0.25, -0.2) is 13.1 Å². The molecule has 2 fully saturated rings. The smallest absolute Gasteiger partial charge is 0.264 e. The van der Waals surface area contributed by atoms with Crippen molar-refractivity contribution in [3.8, 4) is 5.75 Å². The van der Waals surface area contributed by atoms with Crippen LogP contribution in [0.1, 0.15) is 79.8 Å². The predicted molar refractivity (Wildman–Crippen MR) is 173 cm³/mol. The Balaban J connectivity index is 1.31. The lowest BCUT2D eigenvalue weighted by Crippen LogP contribution is -2.51. The Labute approximate surface area is 266 Å². The average molecular weight is 639 g/mol. The van der Waals surface area contributed by atoms with Crippen molar-refractivity contribution in [2.45, 2.75) is 75.4 Å². The fourth-order valence-electron chi connectivity index (χ4n) is 8.27. The number of benzene rings is 2. The Morgan fingerprint density at radius 2 is 1.98 bits per heavy atom. The number of aliphatic hydroxyl groups excluding tert-OH is 1. The van der Waals surface area contributed by atoms with Crippen LogP contribution < -0.4 is 14.4 Å². The van der Waals surface area contributed by atoms with Gasteiger partial charge >= 0.3 is 0 Å². The van der Waals surface area contributed by atoms with Gasteiger partial charge in [-0.15, -0.1) is 0 Å². The van der Waals surface area contributed by atoms with Crippen LogP contribution >= 0.6 is 11.6 Å². The normalized spacial score (nSPS) is 33.8. The molecule has 9 heteroatoms. The Morgan fingerprint density at radius 1 is 1.14 bits per heavy atom. The van der Waals surface area contributed by atoms with Gasteiger partial charge < -0.3 is 14.7 Å². The van der Waals surface area contributed by atoms with Crippen molar-refractivity contribution in [1.82, 2.24) is 4.72 Å². The van der Waals surface area contributed by atoms with E-state index in [-0.39, 0.29) is 29.3 Å². The van der Waals surface area contributed by atoms with E-state index in [9.17, 15) is 18.3 Å². The van der Waals surface area contributed by atoms with Gasteiger partial charge in [0, 0.05) is 34.5 Å². The molecule has 0 saturated heterocycles. The van der Waals surface area contributed by atoms with Crippen LogP contribution in [0.5, 0.6) is 5.75 Å². The number of hydrogen-bond donors (Lipinski definition) is 2. The molecule has 2 aliphatic heterocycles. The molecular weight excluding hydrogens is 596 g/mol. The SMILES string of the molecule is C[C@@H]1C/C=C\[C@]2(CO)CC[C@H]2CN2C[C@@]3(CCCc4cc(Cl)ccc43)COc3ccc(cc32)C(=O)NS(=O)(=O)[C@@H]1CC1CC1. The number of amides is 1. The molecule has 0 aromatic heterocycles. The van der Waals surface area contributed by atoms with Crippen LogP contribution in [0.3, 0.4) is 0 Å². The highest BCUT2D eigenvalue weighted by Crippen LogP contribution is 2.51. The largest absolute Gasteiger partial charge is 0.490 e. The molecule has 236 valence electrons. The Morgan fingerprint density at radius 3 is 2.73 bits per heavy atom. The Kier molecular flexibility index (Phi) is 7.78. The number of carbonyl (C=O) groups excluding carboxylic acids is 1. The fraction of sp³-hybridized carbons (Fsp3) is 0.571. The third-order valence-electron chi connectivity index (χ3n) is 11.3. The minimum Gasteiger partial charge on any atom is -0.490 e. The van der Waals surface area contributed by atoms with E-state index in [0.29, 0.717) is 49.8 Å². The van der Waals surface area contributed by atoms with Gasteiger partial charge in [0.25, 0.3) is 5.91 Å². The van der Waals surface area contributed by atoms with Gasteiger partial charge in [0.15, 0.2) is 0 Å². The van der Waals surface area contributed by atoms with E-state index >= 15 is 0 Å². The first-order chi connectivity index (χ1) is 21.1. The number of rotatable bonds is 3. The maximum atomic E-state index is 13.7. The number of aliphatic hydroxyl groups is 1. The molecule has 0 unspecified atom stereocenters. The van der Waals surface area contributed by atoms with E-state index in [2.05, 4.69) is 33.9 Å². The van der Waals surface area contributed by atoms with Gasteiger partial charge in [0.2, 0.25) is 10.0 Å². The van der Waals surface area contributed by atoms with E-state index in [1.165, 1.54) is 11.1 Å². The quantitative estimate of drug-likeness (QED) is 0.399. The number of fused-ring (bicyclic) bond motifs is 4. The fourth-order valence-corrected chi connectivity index (χ4v) is 10.2. The molecule has 1 amide bonds. The van der Waals surface area contributed by atoms with Gasteiger partial charge in [0.05, 0.1) is 24.2 Å². The third kappa shape index (κ3) is 5.45. The summed E-state index contributed by atoms with van der Waals surface area (Å²) >= 11 is 6.41. The zero-order valence-electron chi connectivity index (χ0n) is 25.4. The van der Waals surface area contributed by atoms with Gasteiger partial charge in [-0.2, -0.15) is 0 Å². The van der Waals surface area contributed by atoms with Crippen molar-refractivity contribution >= 4 is 33.2 Å². The van der Waals surface area contributed by atoms with Gasteiger partial charge in [-0.1, -0.05) is 49.6 Å². The Hall–Kier alpha value is -2.55. The molecule has 1 spiro atoms. The molecule has 7 rings (SSSR count). The molecule has 2 heterocycles. The topological polar surface area (TPSA) is 95.9 Å². The average Bonchev–Trinajstić information content (AvgIpc) is 3.83. The van der Waals surface area contributed by atoms with Crippen LogP contribution in [0.4, 0.5) is 5.69 Å². The number of ether oxygens (including phenoxy) is 1. The Bertz CT molecular complexity index is 1590. The lowest BCUT2D eigenvalue weighted by molar-refractivity contribution is 0.0213. The van der Waals surface area contributed by atoms with Crippen molar-refractivity contribution in [3.05, 3.63) is 70.3 Å². The summed E-state index contributed by atoms with van der Waals surface area (Å²) in [5.74, 6) is 0.535. The van der Waals surface area contributed by atoms with Crippen molar-refractivity contribution in [3.63, 3.8) is 0 Å². The molecule has 44 heavy (non-hydrogen) atoms. The van der Waals surface area contributed by atoms with E-state index in [1.54, 1.807) is 12.1 Å². The number of nitrogens with zero attached hydrogens (tertiary/aromatic N) is 1. The molecule has 2 aromatic carbocycles. The lowest BCUT2D eigenvalue weighted by Gasteiger charge is -2.50. The number of halogens is 1. The molecule has 2 aromatic rings. The summed E-state index contributed by atoms with van der Waals surface area (Å²) in [5.41, 5.74) is 3.01. The molecular formula is C35H43ClN2O5S. The molecule has 0 radical (unpaired) electrons. The molecule has 3 aliphatic carbocycles. The van der Waals surface area contributed by atoms with Gasteiger partial charge in [0.1, 0.15) is 5.75 Å². The highest BCUT2D eigenvalue weighted by Gasteiger charge is 2.48. The minimum absolute atomic E-state index is 0.0517. The number of hydrogen-bond acceptors (Lipinski definition) is 6. The van der Waals surface area contributed by atoms with E-state index in [0.717, 1.165) is 55.7 Å². The summed E-state index contributed by atoms with van der Waals surface area (Å²) in [4.78, 5) is 15.9. The summed E-state index contributed by atoms with van der Waals surface area (Å²) in [7, 11) is -3.92. The third-order valence-corrected chi connectivity index (χ3v) is 13.5. The zero-order valence-corrected chi connectivity index (χ0v) is 27.0. The van der Waals surface area contributed by atoms with Crippen LogP contribution in [0.2, 0.25) is 5.02 Å². The molecule has 5 atom stereocenters. The van der Waals surface area contributed by atoms with Crippen molar-refractivity contribution in [1.29, 1.82) is 0 Å². The highest BCUT2D eigenvalue weighted by atomic mass is 35.5. The second-order valence-corrected chi connectivity index (χ2v) is 16.6. The number of anilines is 1. The maximum absolute atomic E-state index is 13.7. The molecule has 5 aliphatic rings. The number of nitrogens with one attached hydrogen (secondary N) is 1. The standard InChI is InChI=1S/C35H43ClN2O5S/c1-23-4-2-13-34(21-39)15-12-27(34)19-38-20-35(14-3-5-25-17-28(36)9-10-29(25)35)22-43-31-11-8-26(18-30(31)38)33(40)37-44(41,42)32(23)16-24-6-7-24/h2,8-11,13,17-18,23-24,27,32,39H,3-7,12,14-16,19-22H2,1H3,(H,37,40)/b13-2-/t23-,27+,32-,34-,35+/m1/s1. The minimum atomic E-state index is -3.92. The first kappa shape index (κ1) is 30.1. The van der Waals surface area contributed by atoms with E-state index in [4.69, 9.17) is 16.3 Å². The van der Waals surface area contributed by atoms with E-state index in [1.807, 2.05) is 19.1 Å². The van der Waals surface area contributed by atoms with Gasteiger partial charge in [-0.3, -0.25) is 4.79 Å². The van der Waals surface area contributed by atoms with Crippen LogP contribution in [0.25, 0.3) is 0 Å². The number of sulfonamides is 1. The zero-order chi connectivity index (χ0) is 30.7. The number of aryl methyl sites for hydroxylation is 1. The molecule has 2 N–H and O–H groups in total. The van der Waals surface area contributed by atoms with E-state index < -0.39 is 21.2 Å². The lowest BCUT2D eigenvalue weighted by atomic mass is 9.59.